The van der Waals surface area contributed by atoms with Gasteiger partial charge in [-0.25, -0.2) is 4.79 Å². The highest BCUT2D eigenvalue weighted by molar-refractivity contribution is 5.90. The number of aryl methyl sites for hydroxylation is 2. The summed E-state index contributed by atoms with van der Waals surface area (Å²) < 4.78 is 44.6. The van der Waals surface area contributed by atoms with E-state index in [0.717, 1.165) is 10.9 Å². The first kappa shape index (κ1) is 16.3. The SMILES string of the molecule is Cc1nc(C2CCN(C(=O)Nc3cn(C)nc3C(F)(F)F)C2)no1. The van der Waals surface area contributed by atoms with Gasteiger partial charge in [0, 0.05) is 39.2 Å². The van der Waals surface area contributed by atoms with Crippen LogP contribution in [0.15, 0.2) is 10.7 Å². The molecule has 1 N–H and O–H groups in total. The first-order chi connectivity index (χ1) is 11.2. The van der Waals surface area contributed by atoms with Crippen LogP contribution in [-0.4, -0.2) is 43.9 Å². The predicted molar refractivity (Wildman–Crippen MR) is 75.2 cm³/mol. The van der Waals surface area contributed by atoms with Crippen molar-refractivity contribution in [1.29, 1.82) is 0 Å². The molecule has 8 nitrogen and oxygen atoms in total. The number of anilines is 1. The van der Waals surface area contributed by atoms with Gasteiger partial charge in [-0.1, -0.05) is 5.16 Å². The van der Waals surface area contributed by atoms with Crippen LogP contribution < -0.4 is 5.32 Å². The molecule has 1 saturated heterocycles. The Morgan fingerprint density at radius 1 is 1.46 bits per heavy atom. The summed E-state index contributed by atoms with van der Waals surface area (Å²) in [6.45, 7) is 2.37. The van der Waals surface area contributed by atoms with Gasteiger partial charge in [-0.2, -0.15) is 23.3 Å². The van der Waals surface area contributed by atoms with E-state index in [4.69, 9.17) is 4.52 Å². The molecule has 1 unspecified atom stereocenters. The number of alkyl halides is 3. The molecule has 1 atom stereocenters. The molecule has 2 aromatic rings. The highest BCUT2D eigenvalue weighted by atomic mass is 19.4. The Bertz CT molecular complexity index is 753. The minimum atomic E-state index is -4.64. The van der Waals surface area contributed by atoms with E-state index >= 15 is 0 Å². The summed E-state index contributed by atoms with van der Waals surface area (Å²) in [5, 5.41) is 9.45. The lowest BCUT2D eigenvalue weighted by molar-refractivity contribution is -0.140. The van der Waals surface area contributed by atoms with Crippen LogP contribution in [0.3, 0.4) is 0 Å². The summed E-state index contributed by atoms with van der Waals surface area (Å²) in [5.41, 5.74) is -1.49. The average molecular weight is 344 g/mol. The molecule has 1 aliphatic rings. The van der Waals surface area contributed by atoms with E-state index in [1.807, 2.05) is 0 Å². The van der Waals surface area contributed by atoms with Crippen LogP contribution in [0.5, 0.6) is 0 Å². The fourth-order valence-corrected chi connectivity index (χ4v) is 2.62. The predicted octanol–water partition coefficient (Wildman–Crippen LogP) is 2.15. The zero-order valence-corrected chi connectivity index (χ0v) is 13.0. The van der Waals surface area contributed by atoms with Crippen LogP contribution in [-0.2, 0) is 13.2 Å². The van der Waals surface area contributed by atoms with Crippen molar-refractivity contribution in [3.8, 4) is 0 Å². The Kier molecular flexibility index (Phi) is 3.93. The fourth-order valence-electron chi connectivity index (χ4n) is 2.62. The number of urea groups is 1. The largest absolute Gasteiger partial charge is 0.437 e. The van der Waals surface area contributed by atoms with Crippen LogP contribution in [0.25, 0.3) is 0 Å². The van der Waals surface area contributed by atoms with Gasteiger partial charge in [0.1, 0.15) is 0 Å². The topological polar surface area (TPSA) is 89.1 Å². The lowest BCUT2D eigenvalue weighted by atomic mass is 10.1. The number of aromatic nitrogens is 4. The van der Waals surface area contributed by atoms with Gasteiger partial charge in [-0.15, -0.1) is 0 Å². The maximum Gasteiger partial charge on any atom is 0.437 e. The van der Waals surface area contributed by atoms with Crippen molar-refractivity contribution in [1.82, 2.24) is 24.8 Å². The van der Waals surface area contributed by atoms with E-state index in [2.05, 4.69) is 20.6 Å². The van der Waals surface area contributed by atoms with E-state index < -0.39 is 17.9 Å². The van der Waals surface area contributed by atoms with Crippen LogP contribution in [0.2, 0.25) is 0 Å². The Morgan fingerprint density at radius 3 is 2.83 bits per heavy atom. The number of nitrogens with one attached hydrogen (secondary N) is 1. The van der Waals surface area contributed by atoms with Gasteiger partial charge in [0.25, 0.3) is 0 Å². The Labute approximate surface area is 134 Å². The molecule has 3 heterocycles. The molecule has 1 fully saturated rings. The first-order valence-corrected chi connectivity index (χ1v) is 7.21. The van der Waals surface area contributed by atoms with Crippen LogP contribution in [0.1, 0.15) is 29.7 Å². The minimum absolute atomic E-state index is 0.0933. The lowest BCUT2D eigenvalue weighted by Crippen LogP contribution is -2.33. The average Bonchev–Trinajstić information content (AvgIpc) is 3.17. The van der Waals surface area contributed by atoms with Crippen molar-refractivity contribution in [2.24, 2.45) is 7.05 Å². The molecule has 0 radical (unpaired) electrons. The molecule has 130 valence electrons. The molecule has 0 aliphatic carbocycles. The summed E-state index contributed by atoms with van der Waals surface area (Å²) in [4.78, 5) is 17.8. The quantitative estimate of drug-likeness (QED) is 0.902. The third-order valence-electron chi connectivity index (χ3n) is 3.72. The Hall–Kier alpha value is -2.59. The standard InChI is InChI=1S/C13H15F3N6O2/c1-7-17-11(20-24-7)8-3-4-22(5-8)12(23)18-9-6-21(2)19-10(9)13(14,15)16/h6,8H,3-5H2,1-2H3,(H,18,23). The smallest absolute Gasteiger partial charge is 0.340 e. The van der Waals surface area contributed by atoms with E-state index in [1.165, 1.54) is 11.9 Å². The number of rotatable bonds is 2. The van der Waals surface area contributed by atoms with Gasteiger partial charge in [0.2, 0.25) is 5.89 Å². The summed E-state index contributed by atoms with van der Waals surface area (Å²) in [6, 6.07) is -0.615. The monoisotopic (exact) mass is 344 g/mol. The molecule has 0 bridgehead atoms. The van der Waals surface area contributed by atoms with Crippen molar-refractivity contribution in [3.63, 3.8) is 0 Å². The van der Waals surface area contributed by atoms with Gasteiger partial charge in [-0.05, 0) is 6.42 Å². The zero-order chi connectivity index (χ0) is 17.5. The molecule has 2 aromatic heterocycles. The number of carbonyl (C=O) groups excluding carboxylic acids is 1. The Balaban J connectivity index is 1.68. The van der Waals surface area contributed by atoms with E-state index in [9.17, 15) is 18.0 Å². The highest BCUT2D eigenvalue weighted by Gasteiger charge is 2.38. The number of carbonyl (C=O) groups is 1. The number of amides is 2. The molecule has 0 aromatic carbocycles. The number of hydrogen-bond acceptors (Lipinski definition) is 5. The normalized spacial score (nSPS) is 18.2. The zero-order valence-electron chi connectivity index (χ0n) is 13.0. The fraction of sp³-hybridized carbons (Fsp3) is 0.538. The second kappa shape index (κ2) is 5.80. The molecule has 0 saturated carbocycles. The van der Waals surface area contributed by atoms with Crippen LogP contribution in [0, 0.1) is 6.92 Å². The summed E-state index contributed by atoms with van der Waals surface area (Å²) in [5.74, 6) is 0.836. The van der Waals surface area contributed by atoms with E-state index in [-0.39, 0.29) is 11.6 Å². The minimum Gasteiger partial charge on any atom is -0.340 e. The number of halogens is 3. The molecule has 3 rings (SSSR count). The number of likely N-dealkylation sites (tertiary alicyclic amines) is 1. The lowest BCUT2D eigenvalue weighted by Gasteiger charge is -2.17. The third kappa shape index (κ3) is 3.19. The molecule has 11 heteroatoms. The molecule has 2 amide bonds. The molecular weight excluding hydrogens is 329 g/mol. The number of hydrogen-bond donors (Lipinski definition) is 1. The van der Waals surface area contributed by atoms with Crippen molar-refractivity contribution >= 4 is 11.7 Å². The summed E-state index contributed by atoms with van der Waals surface area (Å²) in [6.07, 6.45) is -2.90. The maximum absolute atomic E-state index is 12.9. The van der Waals surface area contributed by atoms with Gasteiger partial charge in [0.05, 0.1) is 5.69 Å². The van der Waals surface area contributed by atoms with Gasteiger partial charge in [0.15, 0.2) is 11.5 Å². The van der Waals surface area contributed by atoms with Crippen molar-refractivity contribution < 1.29 is 22.5 Å². The molecular formula is C13H15F3N6O2. The molecule has 24 heavy (non-hydrogen) atoms. The van der Waals surface area contributed by atoms with Crippen LogP contribution in [0.4, 0.5) is 23.7 Å². The van der Waals surface area contributed by atoms with Crippen molar-refractivity contribution in [3.05, 3.63) is 23.6 Å². The van der Waals surface area contributed by atoms with Crippen molar-refractivity contribution in [2.45, 2.75) is 25.4 Å². The summed E-state index contributed by atoms with van der Waals surface area (Å²) in [7, 11) is 1.36. The van der Waals surface area contributed by atoms with E-state index in [1.54, 1.807) is 6.92 Å². The van der Waals surface area contributed by atoms with Gasteiger partial charge < -0.3 is 14.7 Å². The van der Waals surface area contributed by atoms with Crippen LogP contribution >= 0.6 is 0 Å². The third-order valence-corrected chi connectivity index (χ3v) is 3.72. The molecule has 0 spiro atoms. The molecule has 1 aliphatic heterocycles. The van der Waals surface area contributed by atoms with Gasteiger partial charge >= 0.3 is 12.2 Å². The second-order valence-corrected chi connectivity index (χ2v) is 5.60. The maximum atomic E-state index is 12.9. The second-order valence-electron chi connectivity index (χ2n) is 5.60. The van der Waals surface area contributed by atoms with E-state index in [0.29, 0.717) is 31.2 Å². The van der Waals surface area contributed by atoms with Crippen molar-refractivity contribution in [2.75, 3.05) is 18.4 Å². The highest BCUT2D eigenvalue weighted by Crippen LogP contribution is 2.34. The van der Waals surface area contributed by atoms with Gasteiger partial charge in [-0.3, -0.25) is 4.68 Å². The summed E-state index contributed by atoms with van der Waals surface area (Å²) >= 11 is 0. The number of nitrogens with zero attached hydrogens (tertiary/aromatic N) is 5. The first-order valence-electron chi connectivity index (χ1n) is 7.21. The Morgan fingerprint density at radius 2 is 2.21 bits per heavy atom.